The lowest BCUT2D eigenvalue weighted by atomic mass is 9.77. The van der Waals surface area contributed by atoms with Crippen LogP contribution < -0.4 is 0 Å². The number of hydrogen-bond donors (Lipinski definition) is 0. The van der Waals surface area contributed by atoms with E-state index in [4.69, 9.17) is 0 Å². The van der Waals surface area contributed by atoms with E-state index in [1.54, 1.807) is 4.31 Å². The van der Waals surface area contributed by atoms with Gasteiger partial charge in [-0.15, -0.1) is 0 Å². The van der Waals surface area contributed by atoms with Gasteiger partial charge in [0.15, 0.2) is 0 Å². The van der Waals surface area contributed by atoms with Gasteiger partial charge in [0.05, 0.1) is 4.90 Å². The van der Waals surface area contributed by atoms with Crippen LogP contribution in [0, 0.1) is 11.7 Å². The van der Waals surface area contributed by atoms with Gasteiger partial charge in [0.1, 0.15) is 5.82 Å². The molecule has 3 heterocycles. The maximum atomic E-state index is 13.3. The maximum Gasteiger partial charge on any atom is 0.243 e. The highest BCUT2D eigenvalue weighted by Gasteiger charge is 2.46. The van der Waals surface area contributed by atoms with Crippen molar-refractivity contribution in [3.63, 3.8) is 0 Å². The molecule has 0 spiro atoms. The zero-order chi connectivity index (χ0) is 19.3. The molecule has 2 saturated heterocycles. The average Bonchev–Trinajstić information content (AvgIpc) is 2.72. The van der Waals surface area contributed by atoms with Crippen molar-refractivity contribution in [3.8, 4) is 0 Å². The van der Waals surface area contributed by atoms with Gasteiger partial charge in [-0.3, -0.25) is 4.90 Å². The third kappa shape index (κ3) is 2.98. The predicted molar refractivity (Wildman–Crippen MR) is 106 cm³/mol. The molecule has 148 valence electrons. The molecule has 0 unspecified atom stereocenters. The molecule has 0 amide bonds. The van der Waals surface area contributed by atoms with Crippen LogP contribution >= 0.6 is 0 Å². The molecule has 0 aliphatic carbocycles. The van der Waals surface area contributed by atoms with Crippen molar-refractivity contribution < 1.29 is 12.8 Å². The normalized spacial score (nSPS) is 28.2. The molecular formula is C22H25FN2O2S. The van der Waals surface area contributed by atoms with E-state index in [1.165, 1.54) is 35.4 Å². The van der Waals surface area contributed by atoms with Crippen molar-refractivity contribution in [2.24, 2.45) is 5.92 Å². The lowest BCUT2D eigenvalue weighted by Gasteiger charge is -2.51. The molecule has 3 atom stereocenters. The Labute approximate surface area is 166 Å². The summed E-state index contributed by atoms with van der Waals surface area (Å²) in [5.41, 5.74) is 2.75. The summed E-state index contributed by atoms with van der Waals surface area (Å²) in [6, 6.07) is 14.1. The number of hydrogen-bond acceptors (Lipinski definition) is 3. The molecule has 5 rings (SSSR count). The Morgan fingerprint density at radius 3 is 2.61 bits per heavy atom. The highest BCUT2D eigenvalue weighted by atomic mass is 32.2. The minimum atomic E-state index is -3.62. The van der Waals surface area contributed by atoms with Crippen LogP contribution in [-0.2, 0) is 16.4 Å². The van der Waals surface area contributed by atoms with Crippen LogP contribution in [0.4, 0.5) is 4.39 Å². The number of piperidine rings is 2. The molecule has 0 aromatic heterocycles. The second kappa shape index (κ2) is 6.94. The fourth-order valence-electron chi connectivity index (χ4n) is 5.39. The minimum Gasteiger partial charge on any atom is -0.296 e. The molecule has 3 aliphatic rings. The predicted octanol–water partition coefficient (Wildman–Crippen LogP) is 3.60. The fraction of sp³-hybridized carbons (Fsp3) is 0.455. The van der Waals surface area contributed by atoms with Gasteiger partial charge in [0.2, 0.25) is 10.0 Å². The molecule has 2 aromatic rings. The molecular weight excluding hydrogens is 375 g/mol. The zero-order valence-electron chi connectivity index (χ0n) is 15.8. The van der Waals surface area contributed by atoms with Gasteiger partial charge < -0.3 is 0 Å². The standard InChI is InChI=1S/C22H25FN2O2S/c23-18-7-9-19(10-8-18)28(26,27)25-12-3-5-17-15-24-13-11-16-4-1-2-6-20(16)22(24)14-21(17)25/h1-2,4,6-10,17,21-22H,3,5,11-15H2/t17-,21+,22-/m1/s1. The van der Waals surface area contributed by atoms with Crippen LogP contribution in [0.1, 0.15) is 36.4 Å². The van der Waals surface area contributed by atoms with Crippen LogP contribution in [0.3, 0.4) is 0 Å². The third-order valence-corrected chi connectivity index (χ3v) is 8.68. The summed E-state index contributed by atoms with van der Waals surface area (Å²) in [4.78, 5) is 2.75. The quantitative estimate of drug-likeness (QED) is 0.773. The molecule has 2 aromatic carbocycles. The summed E-state index contributed by atoms with van der Waals surface area (Å²) in [6.45, 7) is 2.56. The number of halogens is 1. The number of benzene rings is 2. The van der Waals surface area contributed by atoms with Crippen molar-refractivity contribution >= 4 is 10.0 Å². The monoisotopic (exact) mass is 400 g/mol. The highest BCUT2D eigenvalue weighted by molar-refractivity contribution is 7.89. The van der Waals surface area contributed by atoms with Crippen molar-refractivity contribution in [3.05, 3.63) is 65.5 Å². The number of nitrogens with zero attached hydrogens (tertiary/aromatic N) is 2. The molecule has 6 heteroatoms. The Morgan fingerprint density at radius 1 is 1.00 bits per heavy atom. The van der Waals surface area contributed by atoms with Gasteiger partial charge >= 0.3 is 0 Å². The number of sulfonamides is 1. The van der Waals surface area contributed by atoms with E-state index in [0.717, 1.165) is 38.8 Å². The summed E-state index contributed by atoms with van der Waals surface area (Å²) in [5, 5.41) is 0. The summed E-state index contributed by atoms with van der Waals surface area (Å²) in [6.07, 6.45) is 3.87. The van der Waals surface area contributed by atoms with Crippen molar-refractivity contribution in [1.82, 2.24) is 9.21 Å². The molecule has 28 heavy (non-hydrogen) atoms. The Kier molecular flexibility index (Phi) is 4.53. The van der Waals surface area contributed by atoms with E-state index in [9.17, 15) is 12.8 Å². The SMILES string of the molecule is O=S(=O)(c1ccc(F)cc1)N1CCC[C@@H]2CN3CCc4ccccc4[C@H]3C[C@@H]21. The highest BCUT2D eigenvalue weighted by Crippen LogP contribution is 2.44. The van der Waals surface area contributed by atoms with Gasteiger partial charge in [-0.2, -0.15) is 4.31 Å². The molecule has 0 radical (unpaired) electrons. The Balaban J connectivity index is 1.48. The van der Waals surface area contributed by atoms with Gasteiger partial charge in [-0.25, -0.2) is 12.8 Å². The van der Waals surface area contributed by atoms with Crippen LogP contribution in [0.15, 0.2) is 53.4 Å². The van der Waals surface area contributed by atoms with E-state index in [0.29, 0.717) is 12.5 Å². The Morgan fingerprint density at radius 2 is 1.79 bits per heavy atom. The molecule has 0 saturated carbocycles. The lowest BCUT2D eigenvalue weighted by molar-refractivity contribution is 0.0220. The maximum absolute atomic E-state index is 13.3. The smallest absolute Gasteiger partial charge is 0.243 e. The number of fused-ring (bicyclic) bond motifs is 4. The second-order valence-corrected chi connectivity index (χ2v) is 10.1. The van der Waals surface area contributed by atoms with Crippen LogP contribution in [-0.4, -0.2) is 43.3 Å². The first-order chi connectivity index (χ1) is 13.5. The lowest BCUT2D eigenvalue weighted by Crippen LogP contribution is -2.57. The first-order valence-electron chi connectivity index (χ1n) is 10.1. The summed E-state index contributed by atoms with van der Waals surface area (Å²) in [5.74, 6) is -0.0481. The molecule has 3 aliphatic heterocycles. The minimum absolute atomic E-state index is 0.0104. The van der Waals surface area contributed by atoms with Crippen molar-refractivity contribution in [2.75, 3.05) is 19.6 Å². The molecule has 0 bridgehead atoms. The first kappa shape index (κ1) is 18.3. The van der Waals surface area contributed by atoms with E-state index >= 15 is 0 Å². The van der Waals surface area contributed by atoms with E-state index in [2.05, 4.69) is 29.2 Å². The Hall–Kier alpha value is -1.76. The Bertz CT molecular complexity index is 976. The van der Waals surface area contributed by atoms with Gasteiger partial charge in [-0.1, -0.05) is 24.3 Å². The van der Waals surface area contributed by atoms with Crippen LogP contribution in [0.5, 0.6) is 0 Å². The van der Waals surface area contributed by atoms with Gasteiger partial charge in [0.25, 0.3) is 0 Å². The average molecular weight is 401 g/mol. The van der Waals surface area contributed by atoms with Gasteiger partial charge in [-0.05, 0) is 67.0 Å². The van der Waals surface area contributed by atoms with E-state index in [1.807, 2.05) is 0 Å². The topological polar surface area (TPSA) is 40.6 Å². The van der Waals surface area contributed by atoms with Crippen molar-refractivity contribution in [2.45, 2.75) is 42.7 Å². The summed E-state index contributed by atoms with van der Waals surface area (Å²) >= 11 is 0. The molecule has 2 fully saturated rings. The fourth-order valence-corrected chi connectivity index (χ4v) is 7.13. The van der Waals surface area contributed by atoms with Crippen molar-refractivity contribution in [1.29, 1.82) is 0 Å². The second-order valence-electron chi connectivity index (χ2n) is 8.23. The summed E-state index contributed by atoms with van der Waals surface area (Å²) < 4.78 is 41.7. The van der Waals surface area contributed by atoms with Crippen LogP contribution in [0.2, 0.25) is 0 Å². The number of rotatable bonds is 2. The third-order valence-electron chi connectivity index (χ3n) is 6.74. The van der Waals surface area contributed by atoms with E-state index < -0.39 is 15.8 Å². The van der Waals surface area contributed by atoms with Crippen LogP contribution in [0.25, 0.3) is 0 Å². The van der Waals surface area contributed by atoms with Gasteiger partial charge in [0, 0.05) is 31.7 Å². The zero-order valence-corrected chi connectivity index (χ0v) is 16.6. The molecule has 0 N–H and O–H groups in total. The van der Waals surface area contributed by atoms with E-state index in [-0.39, 0.29) is 17.0 Å². The first-order valence-corrected chi connectivity index (χ1v) is 11.6. The molecule has 4 nitrogen and oxygen atoms in total. The summed E-state index contributed by atoms with van der Waals surface area (Å²) in [7, 11) is -3.62. The largest absolute Gasteiger partial charge is 0.296 e.